The lowest BCUT2D eigenvalue weighted by molar-refractivity contribution is -0.122. The van der Waals surface area contributed by atoms with Crippen LogP contribution in [0, 0.1) is 0 Å². The van der Waals surface area contributed by atoms with Crippen molar-refractivity contribution in [3.63, 3.8) is 0 Å². The zero-order valence-corrected chi connectivity index (χ0v) is 16.0. The van der Waals surface area contributed by atoms with Crippen molar-refractivity contribution in [2.75, 3.05) is 31.2 Å². The van der Waals surface area contributed by atoms with Crippen LogP contribution in [0.25, 0.3) is 0 Å². The molecule has 27 heavy (non-hydrogen) atoms. The van der Waals surface area contributed by atoms with Gasteiger partial charge in [-0.3, -0.25) is 4.79 Å². The van der Waals surface area contributed by atoms with Gasteiger partial charge in [0.15, 0.2) is 0 Å². The van der Waals surface area contributed by atoms with E-state index in [1.807, 2.05) is 19.1 Å². The Balaban J connectivity index is 1.46. The second-order valence-corrected chi connectivity index (χ2v) is 7.72. The Morgan fingerprint density at radius 1 is 1.11 bits per heavy atom. The molecule has 1 atom stereocenters. The highest BCUT2D eigenvalue weighted by molar-refractivity contribution is 5.85. The first-order valence-electron chi connectivity index (χ1n) is 9.95. The minimum atomic E-state index is -0.165. The molecule has 4 heteroatoms. The minimum Gasteiger partial charge on any atom is -0.381 e. The Morgan fingerprint density at radius 3 is 2.59 bits per heavy atom. The smallest absolute Gasteiger partial charge is 0.242 e. The standard InChI is InChI=1S/C23H28N2O2/c1-18(25-14-11-19-7-5-6-10-21(19)25)22(26)24-17-23(12-15-27-16-13-23)20-8-3-2-4-9-20/h2-10,18H,11-17H2,1H3,(H,24,26). The zero-order valence-electron chi connectivity index (χ0n) is 16.0. The molecular weight excluding hydrogens is 336 g/mol. The molecule has 1 unspecified atom stereocenters. The van der Waals surface area contributed by atoms with E-state index in [2.05, 4.69) is 52.7 Å². The normalized spacial score (nSPS) is 19.4. The highest BCUT2D eigenvalue weighted by Crippen LogP contribution is 2.34. The van der Waals surface area contributed by atoms with E-state index >= 15 is 0 Å². The number of ether oxygens (including phenoxy) is 1. The molecule has 0 saturated carbocycles. The lowest BCUT2D eigenvalue weighted by Crippen LogP contribution is -2.50. The van der Waals surface area contributed by atoms with Gasteiger partial charge in [-0.15, -0.1) is 0 Å². The van der Waals surface area contributed by atoms with Crippen LogP contribution in [0.3, 0.4) is 0 Å². The molecule has 2 aromatic carbocycles. The van der Waals surface area contributed by atoms with Gasteiger partial charge in [-0.1, -0.05) is 48.5 Å². The molecule has 0 bridgehead atoms. The Labute approximate surface area is 161 Å². The van der Waals surface area contributed by atoms with E-state index in [0.29, 0.717) is 6.54 Å². The maximum atomic E-state index is 13.0. The predicted molar refractivity (Wildman–Crippen MR) is 108 cm³/mol. The van der Waals surface area contributed by atoms with E-state index < -0.39 is 0 Å². The van der Waals surface area contributed by atoms with Gasteiger partial charge in [-0.25, -0.2) is 0 Å². The third-order valence-corrected chi connectivity index (χ3v) is 6.21. The van der Waals surface area contributed by atoms with Gasteiger partial charge in [-0.2, -0.15) is 0 Å². The van der Waals surface area contributed by atoms with Gasteiger partial charge in [0.05, 0.1) is 0 Å². The van der Waals surface area contributed by atoms with Crippen molar-refractivity contribution >= 4 is 11.6 Å². The van der Waals surface area contributed by atoms with Gasteiger partial charge in [0, 0.05) is 37.4 Å². The topological polar surface area (TPSA) is 41.6 Å². The molecule has 1 saturated heterocycles. The minimum absolute atomic E-state index is 0.0300. The Bertz CT molecular complexity index is 784. The monoisotopic (exact) mass is 364 g/mol. The van der Waals surface area contributed by atoms with Crippen molar-refractivity contribution in [1.29, 1.82) is 0 Å². The third kappa shape index (κ3) is 3.59. The Hall–Kier alpha value is -2.33. The molecular formula is C23H28N2O2. The summed E-state index contributed by atoms with van der Waals surface area (Å²) >= 11 is 0. The van der Waals surface area contributed by atoms with Crippen molar-refractivity contribution in [2.45, 2.75) is 37.6 Å². The molecule has 142 valence electrons. The van der Waals surface area contributed by atoms with Crippen LogP contribution in [-0.4, -0.2) is 38.3 Å². The number of hydrogen-bond donors (Lipinski definition) is 1. The number of para-hydroxylation sites is 1. The molecule has 1 N–H and O–H groups in total. The van der Waals surface area contributed by atoms with Crippen LogP contribution in [0.5, 0.6) is 0 Å². The van der Waals surface area contributed by atoms with Crippen LogP contribution in [0.2, 0.25) is 0 Å². The fourth-order valence-electron chi connectivity index (χ4n) is 4.43. The number of carbonyl (C=O) groups excluding carboxylic acids is 1. The van der Waals surface area contributed by atoms with E-state index in [1.54, 1.807) is 0 Å². The number of nitrogens with one attached hydrogen (secondary N) is 1. The van der Waals surface area contributed by atoms with E-state index in [1.165, 1.54) is 16.8 Å². The first kappa shape index (κ1) is 18.1. The number of nitrogens with zero attached hydrogens (tertiary/aromatic N) is 1. The summed E-state index contributed by atoms with van der Waals surface area (Å²) in [6.07, 6.45) is 2.90. The van der Waals surface area contributed by atoms with E-state index in [-0.39, 0.29) is 17.4 Å². The molecule has 2 aromatic rings. The molecule has 4 nitrogen and oxygen atoms in total. The number of rotatable bonds is 5. The Kier molecular flexibility index (Phi) is 5.17. The highest BCUT2D eigenvalue weighted by atomic mass is 16.5. The van der Waals surface area contributed by atoms with Gasteiger partial charge in [0.2, 0.25) is 5.91 Å². The molecule has 2 aliphatic heterocycles. The summed E-state index contributed by atoms with van der Waals surface area (Å²) in [5.41, 5.74) is 3.80. The Morgan fingerprint density at radius 2 is 1.81 bits per heavy atom. The van der Waals surface area contributed by atoms with Gasteiger partial charge in [-0.05, 0) is 43.4 Å². The summed E-state index contributed by atoms with van der Waals surface area (Å²) in [6, 6.07) is 18.8. The van der Waals surface area contributed by atoms with Gasteiger partial charge in [0.1, 0.15) is 6.04 Å². The van der Waals surface area contributed by atoms with E-state index in [0.717, 1.165) is 39.0 Å². The number of amides is 1. The summed E-state index contributed by atoms with van der Waals surface area (Å²) in [5.74, 6) is 0.105. The van der Waals surface area contributed by atoms with Crippen molar-refractivity contribution < 1.29 is 9.53 Å². The second-order valence-electron chi connectivity index (χ2n) is 7.72. The summed E-state index contributed by atoms with van der Waals surface area (Å²) in [6.45, 7) is 5.08. The van der Waals surface area contributed by atoms with Gasteiger partial charge in [0.25, 0.3) is 0 Å². The molecule has 0 aromatic heterocycles. The quantitative estimate of drug-likeness (QED) is 0.885. The van der Waals surface area contributed by atoms with Gasteiger partial charge < -0.3 is 15.0 Å². The summed E-state index contributed by atoms with van der Waals surface area (Å²) in [7, 11) is 0. The largest absolute Gasteiger partial charge is 0.381 e. The molecule has 1 amide bonds. The molecule has 2 heterocycles. The summed E-state index contributed by atoms with van der Waals surface area (Å²) < 4.78 is 5.60. The highest BCUT2D eigenvalue weighted by Gasteiger charge is 2.36. The van der Waals surface area contributed by atoms with Gasteiger partial charge >= 0.3 is 0 Å². The van der Waals surface area contributed by atoms with Crippen LogP contribution < -0.4 is 10.2 Å². The number of hydrogen-bond acceptors (Lipinski definition) is 3. The van der Waals surface area contributed by atoms with Crippen molar-refractivity contribution in [1.82, 2.24) is 5.32 Å². The average molecular weight is 364 g/mol. The molecule has 1 fully saturated rings. The lowest BCUT2D eigenvalue weighted by Gasteiger charge is -2.38. The van der Waals surface area contributed by atoms with Crippen LogP contribution >= 0.6 is 0 Å². The summed E-state index contributed by atoms with van der Waals surface area (Å²) in [5, 5.41) is 3.26. The van der Waals surface area contributed by atoms with Crippen molar-refractivity contribution in [2.24, 2.45) is 0 Å². The van der Waals surface area contributed by atoms with Crippen LogP contribution in [0.15, 0.2) is 54.6 Å². The fourth-order valence-corrected chi connectivity index (χ4v) is 4.43. The van der Waals surface area contributed by atoms with E-state index in [9.17, 15) is 4.79 Å². The van der Waals surface area contributed by atoms with Crippen molar-refractivity contribution in [3.05, 3.63) is 65.7 Å². The second kappa shape index (κ2) is 7.73. The van der Waals surface area contributed by atoms with Crippen molar-refractivity contribution in [3.8, 4) is 0 Å². The van der Waals surface area contributed by atoms with E-state index in [4.69, 9.17) is 4.74 Å². The molecule has 2 aliphatic rings. The van der Waals surface area contributed by atoms with Crippen LogP contribution in [-0.2, 0) is 21.4 Å². The molecule has 0 aliphatic carbocycles. The summed E-state index contributed by atoms with van der Waals surface area (Å²) in [4.78, 5) is 15.2. The number of fused-ring (bicyclic) bond motifs is 1. The average Bonchev–Trinajstić information content (AvgIpc) is 3.17. The number of carbonyl (C=O) groups is 1. The number of benzene rings is 2. The number of anilines is 1. The molecule has 4 rings (SSSR count). The zero-order chi connectivity index (χ0) is 18.7. The molecule has 0 spiro atoms. The lowest BCUT2D eigenvalue weighted by atomic mass is 9.74. The molecule has 0 radical (unpaired) electrons. The van der Waals surface area contributed by atoms with Crippen LogP contribution in [0.1, 0.15) is 30.9 Å². The first-order valence-corrected chi connectivity index (χ1v) is 9.95. The predicted octanol–water partition coefficient (Wildman–Crippen LogP) is 3.30. The third-order valence-electron chi connectivity index (χ3n) is 6.21. The van der Waals surface area contributed by atoms with Crippen LogP contribution in [0.4, 0.5) is 5.69 Å². The SMILES string of the molecule is CC(C(=O)NCC1(c2ccccc2)CCOCC1)N1CCc2ccccc21. The maximum Gasteiger partial charge on any atom is 0.242 e. The first-order chi connectivity index (χ1) is 13.2. The fraction of sp³-hybridized carbons (Fsp3) is 0.435. The maximum absolute atomic E-state index is 13.0.